The van der Waals surface area contributed by atoms with Gasteiger partial charge in [-0.1, -0.05) is 0 Å². The predicted octanol–water partition coefficient (Wildman–Crippen LogP) is 2.98. The number of hydrogen-bond acceptors (Lipinski definition) is 6. The first kappa shape index (κ1) is 22.7. The molecule has 4 heterocycles. The van der Waals surface area contributed by atoms with Gasteiger partial charge in [-0.3, -0.25) is 14.9 Å². The lowest BCUT2D eigenvalue weighted by Gasteiger charge is -2.38. The number of aromatic nitrogens is 1. The van der Waals surface area contributed by atoms with Crippen molar-refractivity contribution in [3.63, 3.8) is 0 Å². The van der Waals surface area contributed by atoms with Crippen molar-refractivity contribution in [3.05, 3.63) is 35.2 Å². The van der Waals surface area contributed by atoms with Crippen molar-refractivity contribution in [2.45, 2.75) is 25.7 Å². The number of likely N-dealkylation sites (tertiary alicyclic amines) is 1. The van der Waals surface area contributed by atoms with Gasteiger partial charge >= 0.3 is 0 Å². The summed E-state index contributed by atoms with van der Waals surface area (Å²) in [6.45, 7) is 3.83. The van der Waals surface area contributed by atoms with Gasteiger partial charge in [0.2, 0.25) is 5.91 Å². The first-order valence-electron chi connectivity index (χ1n) is 8.91. The van der Waals surface area contributed by atoms with Crippen LogP contribution in [0.5, 0.6) is 0 Å². The first-order valence-corrected chi connectivity index (χ1v) is 9.79. The molecule has 2 aliphatic rings. The highest BCUT2D eigenvalue weighted by Gasteiger charge is 2.38. The number of nitrogens with one attached hydrogen (secondary N) is 2. The fourth-order valence-corrected chi connectivity index (χ4v) is 4.44. The summed E-state index contributed by atoms with van der Waals surface area (Å²) in [7, 11) is 0. The summed E-state index contributed by atoms with van der Waals surface area (Å²) in [5.74, 6) is 0.00946. The lowest BCUT2D eigenvalue weighted by molar-refractivity contribution is -0.132. The lowest BCUT2D eigenvalue weighted by atomic mass is 9.78. The van der Waals surface area contributed by atoms with Crippen molar-refractivity contribution < 1.29 is 14.0 Å². The number of nitrogens with zero attached hydrogens (tertiary/aromatic N) is 2. The highest BCUT2D eigenvalue weighted by molar-refractivity contribution is 7.14. The Hall–Kier alpha value is -1.61. The summed E-state index contributed by atoms with van der Waals surface area (Å²) in [6.07, 6.45) is 5.10. The average molecular weight is 447 g/mol. The van der Waals surface area contributed by atoms with E-state index in [0.29, 0.717) is 16.2 Å². The first-order chi connectivity index (χ1) is 12.6. The molecule has 1 spiro atoms. The maximum Gasteiger partial charge on any atom is 0.293 e. The molecule has 10 heteroatoms. The largest absolute Gasteiger partial charge is 0.459 e. The van der Waals surface area contributed by atoms with Crippen LogP contribution >= 0.6 is 36.2 Å². The normalized spacial score (nSPS) is 17.6. The van der Waals surface area contributed by atoms with E-state index in [0.717, 1.165) is 39.0 Å². The zero-order valence-electron chi connectivity index (χ0n) is 15.3. The maximum atomic E-state index is 12.6. The molecule has 2 amide bonds. The zero-order chi connectivity index (χ0) is 18.0. The molecule has 0 atom stereocenters. The van der Waals surface area contributed by atoms with Crippen LogP contribution < -0.4 is 10.6 Å². The quantitative estimate of drug-likeness (QED) is 0.753. The third-order valence-electron chi connectivity index (χ3n) is 5.36. The van der Waals surface area contributed by atoms with E-state index < -0.39 is 0 Å². The minimum atomic E-state index is -0.339. The Kier molecular flexibility index (Phi) is 7.88. The summed E-state index contributed by atoms with van der Waals surface area (Å²) in [5.41, 5.74) is 1.10. The van der Waals surface area contributed by atoms with Crippen molar-refractivity contribution in [3.8, 4) is 0 Å². The summed E-state index contributed by atoms with van der Waals surface area (Å²) in [4.78, 5) is 30.8. The second-order valence-electron chi connectivity index (χ2n) is 7.06. The van der Waals surface area contributed by atoms with Gasteiger partial charge in [-0.15, -0.1) is 36.2 Å². The third kappa shape index (κ3) is 5.05. The van der Waals surface area contributed by atoms with Gasteiger partial charge in [0.1, 0.15) is 0 Å². The smallest absolute Gasteiger partial charge is 0.293 e. The van der Waals surface area contributed by atoms with Crippen molar-refractivity contribution in [2.24, 2.45) is 5.41 Å². The number of hydrogen-bond donors (Lipinski definition) is 2. The standard InChI is InChI=1S/C18H22N4O3S.2ClH/c23-15(22-7-4-18(5-8-22)3-6-19-12-18)10-13-11-26-17(20-13)21-16(24)14-2-1-9-25-14;;/h1-2,9,11,19H,3-8,10,12H2,(H,20,21,24);2*1H. The number of anilines is 1. The van der Waals surface area contributed by atoms with E-state index in [1.54, 1.807) is 12.1 Å². The highest BCUT2D eigenvalue weighted by atomic mass is 35.5. The molecular weight excluding hydrogens is 423 g/mol. The van der Waals surface area contributed by atoms with Crippen LogP contribution in [-0.2, 0) is 11.2 Å². The summed E-state index contributed by atoms with van der Waals surface area (Å²) < 4.78 is 5.06. The Morgan fingerprint density at radius 1 is 1.29 bits per heavy atom. The molecule has 0 aromatic carbocycles. The lowest BCUT2D eigenvalue weighted by Crippen LogP contribution is -2.44. The van der Waals surface area contributed by atoms with E-state index in [2.05, 4.69) is 15.6 Å². The Balaban J connectivity index is 0.00000140. The second kappa shape index (κ2) is 9.73. The summed E-state index contributed by atoms with van der Waals surface area (Å²) in [6, 6.07) is 3.25. The Bertz CT molecular complexity index is 781. The van der Waals surface area contributed by atoms with Crippen LogP contribution in [0.1, 0.15) is 35.5 Å². The van der Waals surface area contributed by atoms with Crippen LogP contribution in [0, 0.1) is 5.41 Å². The van der Waals surface area contributed by atoms with Gasteiger partial charge in [0, 0.05) is 25.0 Å². The van der Waals surface area contributed by atoms with Crippen LogP contribution in [0.25, 0.3) is 0 Å². The maximum absolute atomic E-state index is 12.6. The Morgan fingerprint density at radius 3 is 2.71 bits per heavy atom. The fraction of sp³-hybridized carbons (Fsp3) is 0.500. The van der Waals surface area contributed by atoms with Crippen LogP contribution in [0.4, 0.5) is 5.13 Å². The average Bonchev–Trinajstić information content (AvgIpc) is 3.38. The molecule has 28 heavy (non-hydrogen) atoms. The molecular formula is C18H24Cl2N4O3S. The van der Waals surface area contributed by atoms with Crippen molar-refractivity contribution >= 4 is 53.1 Å². The minimum absolute atomic E-state index is 0. The Morgan fingerprint density at radius 2 is 2.07 bits per heavy atom. The van der Waals surface area contributed by atoms with Crippen molar-refractivity contribution in [2.75, 3.05) is 31.5 Å². The number of furan rings is 1. The molecule has 0 saturated carbocycles. The molecule has 0 radical (unpaired) electrons. The van der Waals surface area contributed by atoms with E-state index in [1.807, 2.05) is 10.3 Å². The number of thiazole rings is 1. The monoisotopic (exact) mass is 446 g/mol. The molecule has 2 N–H and O–H groups in total. The van der Waals surface area contributed by atoms with Gasteiger partial charge in [-0.2, -0.15) is 0 Å². The zero-order valence-corrected chi connectivity index (χ0v) is 17.8. The van der Waals surface area contributed by atoms with Crippen LogP contribution in [0.15, 0.2) is 28.2 Å². The molecule has 0 unspecified atom stereocenters. The van der Waals surface area contributed by atoms with Crippen LogP contribution in [-0.4, -0.2) is 47.9 Å². The molecule has 2 aromatic heterocycles. The fourth-order valence-electron chi connectivity index (χ4n) is 3.73. The predicted molar refractivity (Wildman–Crippen MR) is 113 cm³/mol. The molecule has 154 valence electrons. The van der Waals surface area contributed by atoms with Gasteiger partial charge in [-0.05, 0) is 43.4 Å². The van der Waals surface area contributed by atoms with Crippen LogP contribution in [0.2, 0.25) is 0 Å². The third-order valence-corrected chi connectivity index (χ3v) is 6.16. The Labute approximate surface area is 180 Å². The topological polar surface area (TPSA) is 87.5 Å². The SMILES string of the molecule is Cl.Cl.O=C(Nc1nc(CC(=O)N2CCC3(CCNC3)CC2)cs1)c1ccco1. The van der Waals surface area contributed by atoms with E-state index in [1.165, 1.54) is 24.0 Å². The van der Waals surface area contributed by atoms with Gasteiger partial charge in [-0.25, -0.2) is 4.98 Å². The molecule has 0 bridgehead atoms. The van der Waals surface area contributed by atoms with Gasteiger partial charge in [0.15, 0.2) is 10.9 Å². The molecule has 2 fully saturated rings. The molecule has 0 aliphatic carbocycles. The van der Waals surface area contributed by atoms with E-state index in [-0.39, 0.29) is 48.8 Å². The molecule has 7 nitrogen and oxygen atoms in total. The summed E-state index contributed by atoms with van der Waals surface area (Å²) >= 11 is 1.32. The number of carbonyl (C=O) groups excluding carboxylic acids is 2. The number of amides is 2. The van der Waals surface area contributed by atoms with E-state index in [4.69, 9.17) is 4.42 Å². The van der Waals surface area contributed by atoms with Gasteiger partial charge in [0.25, 0.3) is 5.91 Å². The number of rotatable bonds is 4. The number of carbonyl (C=O) groups is 2. The number of piperidine rings is 1. The van der Waals surface area contributed by atoms with E-state index >= 15 is 0 Å². The highest BCUT2D eigenvalue weighted by Crippen LogP contribution is 2.37. The summed E-state index contributed by atoms with van der Waals surface area (Å²) in [5, 5.41) is 8.43. The van der Waals surface area contributed by atoms with Crippen molar-refractivity contribution in [1.29, 1.82) is 0 Å². The van der Waals surface area contributed by atoms with Crippen molar-refractivity contribution in [1.82, 2.24) is 15.2 Å². The number of halogens is 2. The minimum Gasteiger partial charge on any atom is -0.459 e. The van der Waals surface area contributed by atoms with E-state index in [9.17, 15) is 9.59 Å². The second-order valence-corrected chi connectivity index (χ2v) is 7.92. The molecule has 2 aromatic rings. The van der Waals surface area contributed by atoms with Crippen LogP contribution in [0.3, 0.4) is 0 Å². The van der Waals surface area contributed by atoms with Gasteiger partial charge < -0.3 is 14.6 Å². The van der Waals surface area contributed by atoms with Gasteiger partial charge in [0.05, 0.1) is 18.4 Å². The molecule has 2 aliphatic heterocycles. The molecule has 4 rings (SSSR count). The molecule has 2 saturated heterocycles.